The quantitative estimate of drug-likeness (QED) is 0.848. The van der Waals surface area contributed by atoms with Crippen molar-refractivity contribution in [3.63, 3.8) is 0 Å². The Balaban J connectivity index is 1.97. The van der Waals surface area contributed by atoms with Crippen molar-refractivity contribution in [2.75, 3.05) is 38.8 Å². The maximum atomic E-state index is 12.3. The van der Waals surface area contributed by atoms with E-state index in [0.717, 1.165) is 11.5 Å². The summed E-state index contributed by atoms with van der Waals surface area (Å²) >= 11 is 0. The molecule has 1 N–H and O–H groups in total. The molecule has 1 unspecified atom stereocenters. The number of pyridine rings is 1. The molecule has 120 valence electrons. The van der Waals surface area contributed by atoms with E-state index >= 15 is 0 Å². The molecule has 2 rings (SSSR count). The smallest absolute Gasteiger partial charge is 0.245 e. The van der Waals surface area contributed by atoms with Crippen molar-refractivity contribution in [1.29, 1.82) is 0 Å². The molecule has 2 heterocycles. The average molecular weight is 306 g/mol. The van der Waals surface area contributed by atoms with Crippen LogP contribution in [-0.2, 0) is 20.9 Å². The van der Waals surface area contributed by atoms with Gasteiger partial charge in [0.25, 0.3) is 0 Å². The zero-order valence-electron chi connectivity index (χ0n) is 13.2. The van der Waals surface area contributed by atoms with Gasteiger partial charge in [0.05, 0.1) is 25.5 Å². The molecule has 2 amide bonds. The van der Waals surface area contributed by atoms with Gasteiger partial charge in [0.2, 0.25) is 11.8 Å². The number of rotatable bonds is 4. The highest BCUT2D eigenvalue weighted by atomic mass is 16.5. The van der Waals surface area contributed by atoms with Crippen LogP contribution in [0.4, 0.5) is 5.82 Å². The molecule has 0 spiro atoms. The molecular weight excluding hydrogens is 284 g/mol. The molecule has 0 aromatic carbocycles. The summed E-state index contributed by atoms with van der Waals surface area (Å²) in [6.07, 6.45) is 0. The molecule has 0 bridgehead atoms. The number of hydrogen-bond donors (Lipinski definition) is 1. The zero-order chi connectivity index (χ0) is 16.1. The largest absolute Gasteiger partial charge is 0.377 e. The SMILES string of the molecule is CC(=O)N1CCOCC1C(=O)NCc1cccc(N(C)C)n1. The first-order valence-electron chi connectivity index (χ1n) is 7.25. The van der Waals surface area contributed by atoms with Gasteiger partial charge in [-0.25, -0.2) is 4.98 Å². The Labute approximate surface area is 130 Å². The van der Waals surface area contributed by atoms with E-state index in [0.29, 0.717) is 19.7 Å². The number of morpholine rings is 1. The number of carbonyl (C=O) groups is 2. The summed E-state index contributed by atoms with van der Waals surface area (Å²) in [5.74, 6) is 0.501. The second-order valence-electron chi connectivity index (χ2n) is 5.40. The van der Waals surface area contributed by atoms with E-state index in [1.807, 2.05) is 37.2 Å². The normalized spacial score (nSPS) is 18.0. The third-order valence-electron chi connectivity index (χ3n) is 3.53. The first-order valence-corrected chi connectivity index (χ1v) is 7.25. The summed E-state index contributed by atoms with van der Waals surface area (Å²) in [5, 5.41) is 2.83. The highest BCUT2D eigenvalue weighted by Crippen LogP contribution is 2.10. The first-order chi connectivity index (χ1) is 10.5. The Kier molecular flexibility index (Phi) is 5.32. The van der Waals surface area contributed by atoms with Crippen LogP contribution in [0.5, 0.6) is 0 Å². The first kappa shape index (κ1) is 16.2. The Hall–Kier alpha value is -2.15. The van der Waals surface area contributed by atoms with E-state index < -0.39 is 6.04 Å². The van der Waals surface area contributed by atoms with E-state index in [1.165, 1.54) is 6.92 Å². The molecule has 7 heteroatoms. The van der Waals surface area contributed by atoms with Gasteiger partial charge in [-0.15, -0.1) is 0 Å². The van der Waals surface area contributed by atoms with Crippen LogP contribution < -0.4 is 10.2 Å². The second-order valence-corrected chi connectivity index (χ2v) is 5.40. The molecule has 0 saturated carbocycles. The fourth-order valence-corrected chi connectivity index (χ4v) is 2.31. The molecule has 1 aromatic rings. The Morgan fingerprint density at radius 3 is 2.91 bits per heavy atom. The molecule has 0 aliphatic carbocycles. The number of hydrogen-bond acceptors (Lipinski definition) is 5. The maximum absolute atomic E-state index is 12.3. The monoisotopic (exact) mass is 306 g/mol. The van der Waals surface area contributed by atoms with Crippen molar-refractivity contribution in [2.24, 2.45) is 0 Å². The fourth-order valence-electron chi connectivity index (χ4n) is 2.31. The van der Waals surface area contributed by atoms with Gasteiger partial charge in [-0.1, -0.05) is 6.07 Å². The molecule has 1 fully saturated rings. The molecule has 7 nitrogen and oxygen atoms in total. The van der Waals surface area contributed by atoms with Gasteiger partial charge in [0, 0.05) is 27.6 Å². The fraction of sp³-hybridized carbons (Fsp3) is 0.533. The van der Waals surface area contributed by atoms with E-state index in [1.54, 1.807) is 4.90 Å². The lowest BCUT2D eigenvalue weighted by Crippen LogP contribution is -2.55. The minimum Gasteiger partial charge on any atom is -0.377 e. The van der Waals surface area contributed by atoms with Crippen molar-refractivity contribution in [1.82, 2.24) is 15.2 Å². The third-order valence-corrected chi connectivity index (χ3v) is 3.53. The average Bonchev–Trinajstić information content (AvgIpc) is 2.52. The minimum atomic E-state index is -0.566. The zero-order valence-corrected chi connectivity index (χ0v) is 13.2. The van der Waals surface area contributed by atoms with Gasteiger partial charge in [-0.2, -0.15) is 0 Å². The number of nitrogens with zero attached hydrogens (tertiary/aromatic N) is 3. The van der Waals surface area contributed by atoms with Crippen LogP contribution in [0.1, 0.15) is 12.6 Å². The van der Waals surface area contributed by atoms with Crippen LogP contribution in [0.25, 0.3) is 0 Å². The van der Waals surface area contributed by atoms with Gasteiger partial charge < -0.3 is 19.9 Å². The molecule has 1 atom stereocenters. The molecule has 1 aliphatic rings. The van der Waals surface area contributed by atoms with Crippen molar-refractivity contribution in [3.8, 4) is 0 Å². The van der Waals surface area contributed by atoms with Gasteiger partial charge in [-0.3, -0.25) is 9.59 Å². The van der Waals surface area contributed by atoms with Crippen molar-refractivity contribution in [2.45, 2.75) is 19.5 Å². The predicted molar refractivity (Wildman–Crippen MR) is 82.4 cm³/mol. The van der Waals surface area contributed by atoms with Crippen LogP contribution >= 0.6 is 0 Å². The summed E-state index contributed by atoms with van der Waals surface area (Å²) in [7, 11) is 3.82. The molecule has 1 saturated heterocycles. The minimum absolute atomic E-state index is 0.115. The summed E-state index contributed by atoms with van der Waals surface area (Å²) in [5.41, 5.74) is 0.769. The highest BCUT2D eigenvalue weighted by molar-refractivity contribution is 5.87. The lowest BCUT2D eigenvalue weighted by atomic mass is 10.2. The van der Waals surface area contributed by atoms with Crippen molar-refractivity contribution in [3.05, 3.63) is 23.9 Å². The van der Waals surface area contributed by atoms with Crippen LogP contribution in [0.2, 0.25) is 0 Å². The van der Waals surface area contributed by atoms with E-state index in [4.69, 9.17) is 4.74 Å². The molecule has 1 aromatic heterocycles. The Morgan fingerprint density at radius 2 is 2.23 bits per heavy atom. The number of nitrogens with one attached hydrogen (secondary N) is 1. The van der Waals surface area contributed by atoms with Crippen LogP contribution in [-0.4, -0.2) is 61.6 Å². The van der Waals surface area contributed by atoms with E-state index in [2.05, 4.69) is 10.3 Å². The number of aromatic nitrogens is 1. The Morgan fingerprint density at radius 1 is 1.45 bits per heavy atom. The summed E-state index contributed by atoms with van der Waals surface area (Å²) in [6.45, 7) is 2.94. The standard InChI is InChI=1S/C15H22N4O3/c1-11(20)19-7-8-22-10-13(19)15(21)16-9-12-5-4-6-14(17-12)18(2)3/h4-6,13H,7-10H2,1-3H3,(H,16,21). The summed E-state index contributed by atoms with van der Waals surface area (Å²) in [6, 6.07) is 5.09. The second kappa shape index (κ2) is 7.22. The van der Waals surface area contributed by atoms with Gasteiger partial charge in [-0.05, 0) is 12.1 Å². The molecule has 22 heavy (non-hydrogen) atoms. The van der Waals surface area contributed by atoms with Crippen LogP contribution in [0, 0.1) is 0 Å². The lowest BCUT2D eigenvalue weighted by molar-refractivity contribution is -0.147. The van der Waals surface area contributed by atoms with E-state index in [-0.39, 0.29) is 18.4 Å². The van der Waals surface area contributed by atoms with Gasteiger partial charge in [0.15, 0.2) is 0 Å². The Bertz CT molecular complexity index is 547. The van der Waals surface area contributed by atoms with Crippen LogP contribution in [0.15, 0.2) is 18.2 Å². The summed E-state index contributed by atoms with van der Waals surface area (Å²) < 4.78 is 5.31. The van der Waals surface area contributed by atoms with Gasteiger partial charge in [0.1, 0.15) is 11.9 Å². The molecule has 0 radical (unpaired) electrons. The number of amides is 2. The number of carbonyl (C=O) groups excluding carboxylic acids is 2. The van der Waals surface area contributed by atoms with E-state index in [9.17, 15) is 9.59 Å². The van der Waals surface area contributed by atoms with Gasteiger partial charge >= 0.3 is 0 Å². The number of anilines is 1. The van der Waals surface area contributed by atoms with Crippen LogP contribution in [0.3, 0.4) is 0 Å². The molecular formula is C15H22N4O3. The topological polar surface area (TPSA) is 74.8 Å². The number of ether oxygens (including phenoxy) is 1. The highest BCUT2D eigenvalue weighted by Gasteiger charge is 2.30. The van der Waals surface area contributed by atoms with Crippen molar-refractivity contribution >= 4 is 17.6 Å². The maximum Gasteiger partial charge on any atom is 0.245 e. The third kappa shape index (κ3) is 3.94. The molecule has 1 aliphatic heterocycles. The van der Waals surface area contributed by atoms with Crippen molar-refractivity contribution < 1.29 is 14.3 Å². The predicted octanol–water partition coefficient (Wildman–Crippen LogP) is 0.0111. The summed E-state index contributed by atoms with van der Waals surface area (Å²) in [4.78, 5) is 31.7. The lowest BCUT2D eigenvalue weighted by Gasteiger charge is -2.33.